The smallest absolute Gasteiger partial charge is 0.180 e. The van der Waals surface area contributed by atoms with E-state index in [2.05, 4.69) is 15.3 Å². The maximum atomic E-state index is 12.3. The Labute approximate surface area is 177 Å². The second-order valence-electron chi connectivity index (χ2n) is 7.27. The van der Waals surface area contributed by atoms with E-state index in [0.717, 1.165) is 45.0 Å². The van der Waals surface area contributed by atoms with Crippen LogP contribution in [-0.2, 0) is 6.61 Å². The number of ether oxygens (including phenoxy) is 2. The van der Waals surface area contributed by atoms with E-state index >= 15 is 0 Å². The highest BCUT2D eigenvalue weighted by atomic mass is 32.1. The molecule has 7 nitrogen and oxygen atoms in total. The van der Waals surface area contributed by atoms with Crippen LogP contribution in [0.4, 0.5) is 0 Å². The lowest BCUT2D eigenvalue weighted by Crippen LogP contribution is -2.09. The van der Waals surface area contributed by atoms with Crippen LogP contribution in [0.2, 0.25) is 0 Å². The number of aryl methyl sites for hydroxylation is 2. The van der Waals surface area contributed by atoms with E-state index in [-0.39, 0.29) is 12.4 Å². The second kappa shape index (κ2) is 6.84. The zero-order valence-electron chi connectivity index (χ0n) is 17.1. The molecule has 1 aromatic carbocycles. The predicted octanol–water partition coefficient (Wildman–Crippen LogP) is 4.71. The van der Waals surface area contributed by atoms with Gasteiger partial charge in [-0.1, -0.05) is 0 Å². The first kappa shape index (κ1) is 18.6. The fourth-order valence-electron chi connectivity index (χ4n) is 4.04. The van der Waals surface area contributed by atoms with Crippen LogP contribution in [0.25, 0.3) is 28.1 Å². The lowest BCUT2D eigenvalue weighted by molar-refractivity contribution is 0.101. The molecule has 152 valence electrons. The predicted molar refractivity (Wildman–Crippen MR) is 115 cm³/mol. The van der Waals surface area contributed by atoms with E-state index in [1.54, 1.807) is 18.4 Å². The van der Waals surface area contributed by atoms with Crippen LogP contribution >= 0.6 is 11.3 Å². The highest BCUT2D eigenvalue weighted by Crippen LogP contribution is 2.46. The first-order valence-electron chi connectivity index (χ1n) is 9.52. The number of fused-ring (bicyclic) bond motifs is 3. The van der Waals surface area contributed by atoms with Gasteiger partial charge in [0.15, 0.2) is 5.78 Å². The number of nitrogens with one attached hydrogen (secondary N) is 1. The standard InChI is InChI=1S/C22H20N4O3S/c1-11-20(12(2)24-23-11)15-7-16-19(8-18(15)28-4)29-9-17-21(13(3)27)25-26(22(16)17)14-5-6-30-10-14/h5-8,10H,9H2,1-4H3,(H,23,24). The van der Waals surface area contributed by atoms with E-state index in [1.807, 2.05) is 47.5 Å². The molecule has 1 N–H and O–H groups in total. The average Bonchev–Trinajstić information content (AvgIpc) is 3.45. The Bertz CT molecular complexity index is 1260. The van der Waals surface area contributed by atoms with Crippen LogP contribution in [0.15, 0.2) is 29.0 Å². The van der Waals surface area contributed by atoms with Crippen LogP contribution in [-0.4, -0.2) is 32.9 Å². The van der Waals surface area contributed by atoms with Crippen LogP contribution < -0.4 is 9.47 Å². The Kier molecular flexibility index (Phi) is 4.25. The lowest BCUT2D eigenvalue weighted by Gasteiger charge is -2.22. The number of nitrogens with zero attached hydrogens (tertiary/aromatic N) is 3. The molecular formula is C22H20N4O3S. The minimum atomic E-state index is -0.0810. The number of thiophene rings is 1. The van der Waals surface area contributed by atoms with E-state index in [4.69, 9.17) is 9.47 Å². The molecule has 8 heteroatoms. The number of carbonyl (C=O) groups excluding carboxylic acids is 1. The summed E-state index contributed by atoms with van der Waals surface area (Å²) >= 11 is 1.59. The molecule has 0 spiro atoms. The molecular weight excluding hydrogens is 400 g/mol. The number of rotatable bonds is 4. The van der Waals surface area contributed by atoms with Gasteiger partial charge in [-0.3, -0.25) is 9.89 Å². The normalized spacial score (nSPS) is 12.3. The van der Waals surface area contributed by atoms with Crippen LogP contribution in [0.5, 0.6) is 11.5 Å². The summed E-state index contributed by atoms with van der Waals surface area (Å²) in [5.41, 5.74) is 7.67. The van der Waals surface area contributed by atoms with Gasteiger partial charge in [0.25, 0.3) is 0 Å². The number of hydrogen-bond donors (Lipinski definition) is 1. The first-order valence-corrected chi connectivity index (χ1v) is 10.5. The third-order valence-corrected chi connectivity index (χ3v) is 6.06. The van der Waals surface area contributed by atoms with E-state index in [9.17, 15) is 4.79 Å². The fourth-order valence-corrected chi connectivity index (χ4v) is 4.65. The van der Waals surface area contributed by atoms with Gasteiger partial charge < -0.3 is 9.47 Å². The van der Waals surface area contributed by atoms with Gasteiger partial charge >= 0.3 is 0 Å². The number of benzene rings is 1. The fraction of sp³-hybridized carbons (Fsp3) is 0.227. The van der Waals surface area contributed by atoms with Gasteiger partial charge in [0.1, 0.15) is 23.8 Å². The third-order valence-electron chi connectivity index (χ3n) is 5.39. The first-order chi connectivity index (χ1) is 14.5. The molecule has 4 aromatic rings. The van der Waals surface area contributed by atoms with Crippen molar-refractivity contribution in [1.29, 1.82) is 0 Å². The quantitative estimate of drug-likeness (QED) is 0.484. The van der Waals surface area contributed by atoms with Crippen LogP contribution in [0.1, 0.15) is 34.4 Å². The SMILES string of the molecule is COc1cc2c(cc1-c1c(C)n[nH]c1C)-c1c(c(C(C)=O)nn1-c1ccsc1)CO2. The van der Waals surface area contributed by atoms with Gasteiger partial charge in [0, 0.05) is 46.3 Å². The summed E-state index contributed by atoms with van der Waals surface area (Å²) in [7, 11) is 1.65. The number of hydrogen-bond acceptors (Lipinski definition) is 6. The number of ketones is 1. The molecule has 5 rings (SSSR count). The molecule has 1 aliphatic heterocycles. The summed E-state index contributed by atoms with van der Waals surface area (Å²) < 4.78 is 13.6. The maximum absolute atomic E-state index is 12.3. The van der Waals surface area contributed by atoms with Gasteiger partial charge in [-0.05, 0) is 31.4 Å². The molecule has 30 heavy (non-hydrogen) atoms. The molecule has 0 bridgehead atoms. The van der Waals surface area contributed by atoms with Crippen molar-refractivity contribution in [1.82, 2.24) is 20.0 Å². The highest BCUT2D eigenvalue weighted by Gasteiger charge is 2.31. The largest absolute Gasteiger partial charge is 0.496 e. The summed E-state index contributed by atoms with van der Waals surface area (Å²) in [6.45, 7) is 5.77. The number of aromatic nitrogens is 4. The molecule has 3 aromatic heterocycles. The van der Waals surface area contributed by atoms with Crippen molar-refractivity contribution < 1.29 is 14.3 Å². The number of carbonyl (C=O) groups is 1. The number of Topliss-reactive ketones (excluding diaryl/α,β-unsaturated/α-hetero) is 1. The molecule has 4 heterocycles. The minimum absolute atomic E-state index is 0.0810. The molecule has 0 atom stereocenters. The van der Waals surface area contributed by atoms with Crippen molar-refractivity contribution in [3.63, 3.8) is 0 Å². The zero-order chi connectivity index (χ0) is 21.0. The molecule has 0 radical (unpaired) electrons. The Morgan fingerprint density at radius 3 is 2.77 bits per heavy atom. The second-order valence-corrected chi connectivity index (χ2v) is 8.05. The highest BCUT2D eigenvalue weighted by molar-refractivity contribution is 7.08. The summed E-state index contributed by atoms with van der Waals surface area (Å²) in [6.07, 6.45) is 0. The van der Waals surface area contributed by atoms with Crippen LogP contribution in [0, 0.1) is 13.8 Å². The molecule has 0 aliphatic carbocycles. The summed E-state index contributed by atoms with van der Waals surface area (Å²) in [6, 6.07) is 5.94. The van der Waals surface area contributed by atoms with E-state index in [1.165, 1.54) is 6.92 Å². The average molecular weight is 420 g/mol. The summed E-state index contributed by atoms with van der Waals surface area (Å²) in [5, 5.41) is 16.0. The summed E-state index contributed by atoms with van der Waals surface area (Å²) in [5.74, 6) is 1.33. The Morgan fingerprint density at radius 1 is 1.30 bits per heavy atom. The van der Waals surface area contributed by atoms with Crippen molar-refractivity contribution in [2.75, 3.05) is 7.11 Å². The van der Waals surface area contributed by atoms with Crippen molar-refractivity contribution >= 4 is 17.1 Å². The number of H-pyrrole nitrogens is 1. The monoisotopic (exact) mass is 420 g/mol. The Morgan fingerprint density at radius 2 is 2.13 bits per heavy atom. The Balaban J connectivity index is 1.82. The number of methoxy groups -OCH3 is 1. The number of aromatic amines is 1. The van der Waals surface area contributed by atoms with E-state index in [0.29, 0.717) is 17.2 Å². The molecule has 0 saturated carbocycles. The Hall–Kier alpha value is -3.39. The van der Waals surface area contributed by atoms with Gasteiger partial charge in [-0.25, -0.2) is 4.68 Å². The molecule has 0 unspecified atom stereocenters. The summed E-state index contributed by atoms with van der Waals surface area (Å²) in [4.78, 5) is 12.3. The van der Waals surface area contributed by atoms with Gasteiger partial charge in [0.2, 0.25) is 0 Å². The van der Waals surface area contributed by atoms with Gasteiger partial charge in [-0.15, -0.1) is 0 Å². The van der Waals surface area contributed by atoms with Gasteiger partial charge in [0.05, 0.1) is 24.2 Å². The molecule has 1 aliphatic rings. The van der Waals surface area contributed by atoms with Gasteiger partial charge in [-0.2, -0.15) is 21.5 Å². The minimum Gasteiger partial charge on any atom is -0.496 e. The van der Waals surface area contributed by atoms with Crippen molar-refractivity contribution in [2.45, 2.75) is 27.4 Å². The molecule has 0 amide bonds. The zero-order valence-corrected chi connectivity index (χ0v) is 17.9. The van der Waals surface area contributed by atoms with Crippen molar-refractivity contribution in [3.05, 3.63) is 51.6 Å². The van der Waals surface area contributed by atoms with Crippen LogP contribution in [0.3, 0.4) is 0 Å². The topological polar surface area (TPSA) is 82.0 Å². The van der Waals surface area contributed by atoms with Crippen molar-refractivity contribution in [3.8, 4) is 39.6 Å². The third kappa shape index (κ3) is 2.68. The van der Waals surface area contributed by atoms with E-state index < -0.39 is 0 Å². The maximum Gasteiger partial charge on any atom is 0.180 e. The molecule has 0 saturated heterocycles. The lowest BCUT2D eigenvalue weighted by atomic mass is 9.95. The molecule has 0 fully saturated rings. The van der Waals surface area contributed by atoms with Crippen molar-refractivity contribution in [2.24, 2.45) is 0 Å².